The van der Waals surface area contributed by atoms with Crippen molar-refractivity contribution in [3.63, 3.8) is 0 Å². The van der Waals surface area contributed by atoms with Gasteiger partial charge in [0.25, 0.3) is 11.8 Å². The van der Waals surface area contributed by atoms with Gasteiger partial charge in [-0.2, -0.15) is 0 Å². The monoisotopic (exact) mass is 420 g/mol. The molecule has 4 N–H and O–H groups in total. The van der Waals surface area contributed by atoms with Gasteiger partial charge in [0.05, 0.1) is 24.1 Å². The van der Waals surface area contributed by atoms with Crippen LogP contribution in [0.1, 0.15) is 21.6 Å². The lowest BCUT2D eigenvalue weighted by molar-refractivity contribution is -0.110. The molecule has 0 radical (unpaired) electrons. The van der Waals surface area contributed by atoms with Crippen LogP contribution in [0.4, 0.5) is 20.6 Å². The number of rotatable bonds is 4. The van der Waals surface area contributed by atoms with Crippen LogP contribution in [0.15, 0.2) is 54.7 Å². The second-order valence-corrected chi connectivity index (χ2v) is 6.65. The van der Waals surface area contributed by atoms with Crippen molar-refractivity contribution in [2.75, 3.05) is 17.7 Å². The molecular weight excluding hydrogens is 403 g/mol. The molecule has 1 aliphatic rings. The van der Waals surface area contributed by atoms with Crippen molar-refractivity contribution in [1.29, 1.82) is 0 Å². The molecule has 2 aromatic carbocycles. The van der Waals surface area contributed by atoms with Crippen LogP contribution in [0.25, 0.3) is 11.6 Å². The second kappa shape index (κ2) is 8.15. The van der Waals surface area contributed by atoms with E-state index in [0.29, 0.717) is 28.3 Å². The number of urea groups is 1. The lowest BCUT2D eigenvalue weighted by atomic mass is 10.1. The molecule has 8 nitrogen and oxygen atoms in total. The minimum atomic E-state index is -0.911. The summed E-state index contributed by atoms with van der Waals surface area (Å²) in [4.78, 5) is 39.6. The first kappa shape index (κ1) is 19.9. The zero-order chi connectivity index (χ0) is 22.0. The summed E-state index contributed by atoms with van der Waals surface area (Å²) in [5, 5.41) is 7.06. The van der Waals surface area contributed by atoms with Crippen LogP contribution in [0, 0.1) is 5.82 Å². The molecule has 0 bridgehead atoms. The number of carbonyl (C=O) groups is 3. The summed E-state index contributed by atoms with van der Waals surface area (Å²) in [6.07, 6.45) is 3.31. The number of H-pyrrole nitrogens is 1. The summed E-state index contributed by atoms with van der Waals surface area (Å²) in [5.41, 5.74) is 1.76. The number of fused-ring (bicyclic) bond motifs is 1. The largest absolute Gasteiger partial charge is 0.497 e. The molecule has 0 saturated heterocycles. The lowest BCUT2D eigenvalue weighted by Gasteiger charge is -2.10. The van der Waals surface area contributed by atoms with E-state index in [-0.39, 0.29) is 17.2 Å². The predicted octanol–water partition coefficient (Wildman–Crippen LogP) is 3.62. The first-order valence-corrected chi connectivity index (χ1v) is 9.21. The van der Waals surface area contributed by atoms with Gasteiger partial charge in [0, 0.05) is 23.0 Å². The van der Waals surface area contributed by atoms with Crippen LogP contribution < -0.4 is 20.7 Å². The summed E-state index contributed by atoms with van der Waals surface area (Å²) >= 11 is 0. The van der Waals surface area contributed by atoms with Crippen LogP contribution in [-0.4, -0.2) is 29.9 Å². The Labute approximate surface area is 176 Å². The zero-order valence-corrected chi connectivity index (χ0v) is 16.3. The second-order valence-electron chi connectivity index (χ2n) is 6.65. The summed E-state index contributed by atoms with van der Waals surface area (Å²) in [5.74, 6) is -1.24. The van der Waals surface area contributed by atoms with E-state index in [1.54, 1.807) is 36.5 Å². The summed E-state index contributed by atoms with van der Waals surface area (Å²) in [6, 6.07) is 11.2. The Kier molecular flexibility index (Phi) is 5.23. The van der Waals surface area contributed by atoms with Gasteiger partial charge in [0.1, 0.15) is 11.6 Å². The number of methoxy groups -OCH3 is 1. The lowest BCUT2D eigenvalue weighted by Crippen LogP contribution is -2.34. The van der Waals surface area contributed by atoms with Crippen molar-refractivity contribution in [2.45, 2.75) is 0 Å². The molecule has 1 aliphatic heterocycles. The van der Waals surface area contributed by atoms with Gasteiger partial charge in [-0.3, -0.25) is 14.9 Å². The van der Waals surface area contributed by atoms with Gasteiger partial charge in [0.2, 0.25) is 0 Å². The number of ether oxygens (including phenoxy) is 1. The molecule has 0 fully saturated rings. The molecule has 4 amide bonds. The van der Waals surface area contributed by atoms with Gasteiger partial charge < -0.3 is 20.4 Å². The molecule has 2 heterocycles. The highest BCUT2D eigenvalue weighted by Gasteiger charge is 2.26. The normalized spacial score (nSPS) is 13.5. The average Bonchev–Trinajstić information content (AvgIpc) is 3.37. The Morgan fingerprint density at radius 2 is 1.90 bits per heavy atom. The van der Waals surface area contributed by atoms with Crippen LogP contribution >= 0.6 is 0 Å². The van der Waals surface area contributed by atoms with Gasteiger partial charge in [0.15, 0.2) is 0 Å². The Hall–Kier alpha value is -4.40. The number of carbonyl (C=O) groups excluding carboxylic acids is 3. The molecule has 0 spiro atoms. The average molecular weight is 420 g/mol. The minimum Gasteiger partial charge on any atom is -0.497 e. The van der Waals surface area contributed by atoms with E-state index in [4.69, 9.17) is 4.74 Å². The quantitative estimate of drug-likeness (QED) is 0.483. The van der Waals surface area contributed by atoms with Crippen LogP contribution in [0.3, 0.4) is 0 Å². The molecule has 0 saturated carbocycles. The van der Waals surface area contributed by atoms with E-state index in [1.165, 1.54) is 25.3 Å². The Morgan fingerprint density at radius 1 is 1.13 bits per heavy atom. The molecule has 3 aromatic rings. The topological polar surface area (TPSA) is 112 Å². The highest BCUT2D eigenvalue weighted by molar-refractivity contribution is 6.35. The van der Waals surface area contributed by atoms with Gasteiger partial charge in [-0.25, -0.2) is 9.18 Å². The highest BCUT2D eigenvalue weighted by atomic mass is 19.1. The minimum absolute atomic E-state index is 0.180. The van der Waals surface area contributed by atoms with Crippen molar-refractivity contribution in [3.8, 4) is 5.75 Å². The molecule has 31 heavy (non-hydrogen) atoms. The Balaban J connectivity index is 1.49. The first-order chi connectivity index (χ1) is 14.9. The number of amides is 4. The number of aromatic nitrogens is 1. The third-order valence-electron chi connectivity index (χ3n) is 4.64. The third-order valence-corrected chi connectivity index (χ3v) is 4.64. The number of nitrogens with one attached hydrogen (secondary N) is 4. The third kappa shape index (κ3) is 4.15. The highest BCUT2D eigenvalue weighted by Crippen LogP contribution is 2.36. The van der Waals surface area contributed by atoms with Crippen LogP contribution in [-0.2, 0) is 4.79 Å². The van der Waals surface area contributed by atoms with E-state index < -0.39 is 17.8 Å². The van der Waals surface area contributed by atoms with Crippen molar-refractivity contribution in [1.82, 2.24) is 10.3 Å². The number of hydrogen-bond donors (Lipinski definition) is 4. The van der Waals surface area contributed by atoms with E-state index in [2.05, 4.69) is 20.9 Å². The molecule has 0 unspecified atom stereocenters. The summed E-state index contributed by atoms with van der Waals surface area (Å²) in [6.45, 7) is 0. The molecule has 156 valence electrons. The van der Waals surface area contributed by atoms with Gasteiger partial charge in [-0.15, -0.1) is 0 Å². The predicted molar refractivity (Wildman–Crippen MR) is 113 cm³/mol. The van der Waals surface area contributed by atoms with Crippen molar-refractivity contribution in [3.05, 3.63) is 77.4 Å². The number of imide groups is 1. The maximum Gasteiger partial charge on any atom is 0.326 e. The summed E-state index contributed by atoms with van der Waals surface area (Å²) in [7, 11) is 1.50. The fourth-order valence-corrected chi connectivity index (χ4v) is 3.11. The van der Waals surface area contributed by atoms with Gasteiger partial charge >= 0.3 is 6.03 Å². The smallest absolute Gasteiger partial charge is 0.326 e. The summed E-state index contributed by atoms with van der Waals surface area (Å²) < 4.78 is 19.6. The molecular formula is C22H17FN4O4. The standard InChI is InChI=1S/C22H17FN4O4/c1-31-14-6-4-12(5-7-14)20(28)27-22(30)26-19-11-18-15(10-17(19)23)16(21(29)25-18)9-13-3-2-8-24-13/h2-11,24H,1H3,(H,25,29)(H2,26,27,28,30). The van der Waals surface area contributed by atoms with E-state index >= 15 is 0 Å². The van der Waals surface area contributed by atoms with E-state index in [1.807, 2.05) is 0 Å². The van der Waals surface area contributed by atoms with Crippen LogP contribution in [0.2, 0.25) is 0 Å². The maximum absolute atomic E-state index is 14.6. The van der Waals surface area contributed by atoms with Crippen molar-refractivity contribution < 1.29 is 23.5 Å². The zero-order valence-electron chi connectivity index (χ0n) is 16.3. The van der Waals surface area contributed by atoms with Crippen LogP contribution in [0.5, 0.6) is 5.75 Å². The number of halogens is 1. The molecule has 0 aliphatic carbocycles. The SMILES string of the molecule is COc1ccc(C(=O)NC(=O)Nc2cc3c(cc2F)C(=Cc2ccc[nH]2)C(=O)N3)cc1. The van der Waals surface area contributed by atoms with Crippen molar-refractivity contribution >= 4 is 40.9 Å². The Morgan fingerprint density at radius 3 is 2.58 bits per heavy atom. The first-order valence-electron chi connectivity index (χ1n) is 9.21. The van der Waals surface area contributed by atoms with E-state index in [9.17, 15) is 18.8 Å². The fourth-order valence-electron chi connectivity index (χ4n) is 3.11. The Bertz CT molecular complexity index is 1200. The van der Waals surface area contributed by atoms with Gasteiger partial charge in [-0.1, -0.05) is 0 Å². The molecule has 1 aromatic heterocycles. The molecule has 4 rings (SSSR count). The number of benzene rings is 2. The van der Waals surface area contributed by atoms with Gasteiger partial charge in [-0.05, 0) is 54.6 Å². The van der Waals surface area contributed by atoms with Crippen molar-refractivity contribution in [2.24, 2.45) is 0 Å². The maximum atomic E-state index is 14.6. The fraction of sp³-hybridized carbons (Fsp3) is 0.0455. The number of aromatic amines is 1. The number of anilines is 2. The molecule has 0 atom stereocenters. The van der Waals surface area contributed by atoms with E-state index in [0.717, 1.165) is 6.07 Å². The molecule has 9 heteroatoms. The number of hydrogen-bond acceptors (Lipinski definition) is 4.